The molecule has 1 fully saturated rings. The summed E-state index contributed by atoms with van der Waals surface area (Å²) < 4.78 is 41.6. The van der Waals surface area contributed by atoms with E-state index in [2.05, 4.69) is 16.1 Å². The summed E-state index contributed by atoms with van der Waals surface area (Å²) in [5.74, 6) is -0.462. The van der Waals surface area contributed by atoms with E-state index in [4.69, 9.17) is 0 Å². The minimum atomic E-state index is -3.40. The summed E-state index contributed by atoms with van der Waals surface area (Å²) in [6, 6.07) is 13.6. The van der Waals surface area contributed by atoms with Crippen molar-refractivity contribution in [3.63, 3.8) is 0 Å². The molecule has 4 rings (SSSR count). The third-order valence-electron chi connectivity index (χ3n) is 4.79. The van der Waals surface area contributed by atoms with Crippen LogP contribution in [0.5, 0.6) is 0 Å². The summed E-state index contributed by atoms with van der Waals surface area (Å²) in [6.07, 6.45) is 1.92. The first-order valence-corrected chi connectivity index (χ1v) is 10.5. The highest BCUT2D eigenvalue weighted by Gasteiger charge is 2.27. The molecular weight excluding hydrogens is 367 g/mol. The Balaban J connectivity index is 1.35. The van der Waals surface area contributed by atoms with Crippen LogP contribution < -0.4 is 0 Å². The highest BCUT2D eigenvalue weighted by Crippen LogP contribution is 2.16. The van der Waals surface area contributed by atoms with Crippen molar-refractivity contribution < 1.29 is 12.8 Å². The molecule has 0 atom stereocenters. The summed E-state index contributed by atoms with van der Waals surface area (Å²) in [5.41, 5.74) is 2.63. The van der Waals surface area contributed by atoms with E-state index in [-0.39, 0.29) is 11.6 Å². The van der Waals surface area contributed by atoms with E-state index < -0.39 is 10.0 Å². The van der Waals surface area contributed by atoms with E-state index >= 15 is 0 Å². The summed E-state index contributed by atoms with van der Waals surface area (Å²) in [6.45, 7) is 2.94. The SMILES string of the molecule is O=S(=O)(Cc1ccc(F)cc1)N1CCN(Cc2cc3ccccn3n2)CC1. The molecule has 0 spiro atoms. The van der Waals surface area contributed by atoms with Gasteiger partial charge in [0, 0.05) is 38.9 Å². The molecule has 6 nitrogen and oxygen atoms in total. The number of nitrogens with zero attached hydrogens (tertiary/aromatic N) is 4. The van der Waals surface area contributed by atoms with Crippen LogP contribution in [0.15, 0.2) is 54.7 Å². The summed E-state index contributed by atoms with van der Waals surface area (Å²) in [7, 11) is -3.40. The molecule has 27 heavy (non-hydrogen) atoms. The second-order valence-electron chi connectivity index (χ2n) is 6.76. The van der Waals surface area contributed by atoms with Gasteiger partial charge >= 0.3 is 0 Å². The number of sulfonamides is 1. The van der Waals surface area contributed by atoms with Gasteiger partial charge in [-0.3, -0.25) is 4.90 Å². The summed E-state index contributed by atoms with van der Waals surface area (Å²) in [5, 5.41) is 4.55. The van der Waals surface area contributed by atoms with Gasteiger partial charge in [0.1, 0.15) is 5.82 Å². The van der Waals surface area contributed by atoms with E-state index in [1.807, 2.05) is 28.9 Å². The fourth-order valence-corrected chi connectivity index (χ4v) is 4.86. The van der Waals surface area contributed by atoms with E-state index in [0.717, 1.165) is 11.2 Å². The number of benzene rings is 1. The Morgan fingerprint density at radius 2 is 1.74 bits per heavy atom. The average Bonchev–Trinajstić information content (AvgIpc) is 3.06. The molecule has 1 aromatic carbocycles. The zero-order valence-electron chi connectivity index (χ0n) is 14.8. The Morgan fingerprint density at radius 1 is 1.00 bits per heavy atom. The van der Waals surface area contributed by atoms with Crippen LogP contribution in [0.1, 0.15) is 11.3 Å². The van der Waals surface area contributed by atoms with E-state index in [1.54, 1.807) is 0 Å². The van der Waals surface area contributed by atoms with Gasteiger partial charge in [-0.05, 0) is 35.9 Å². The Hall–Kier alpha value is -2.29. The highest BCUT2D eigenvalue weighted by molar-refractivity contribution is 7.88. The normalized spacial score (nSPS) is 16.8. The van der Waals surface area contributed by atoms with Crippen molar-refractivity contribution in [2.45, 2.75) is 12.3 Å². The van der Waals surface area contributed by atoms with Gasteiger partial charge in [0.05, 0.1) is 17.0 Å². The fraction of sp³-hybridized carbons (Fsp3) is 0.316. The maximum absolute atomic E-state index is 13.0. The van der Waals surface area contributed by atoms with Crippen molar-refractivity contribution in [3.8, 4) is 0 Å². The Kier molecular flexibility index (Phi) is 4.94. The minimum absolute atomic E-state index is 0.0975. The maximum atomic E-state index is 13.0. The molecule has 8 heteroatoms. The number of rotatable bonds is 5. The fourth-order valence-electron chi connectivity index (χ4n) is 3.35. The van der Waals surface area contributed by atoms with Crippen LogP contribution >= 0.6 is 0 Å². The minimum Gasteiger partial charge on any atom is -0.295 e. The molecule has 0 unspecified atom stereocenters. The molecule has 1 aliphatic rings. The Morgan fingerprint density at radius 3 is 2.44 bits per heavy atom. The van der Waals surface area contributed by atoms with Crippen LogP contribution in [-0.2, 0) is 22.3 Å². The molecule has 0 amide bonds. The third kappa shape index (κ3) is 4.18. The van der Waals surface area contributed by atoms with Gasteiger partial charge in [-0.15, -0.1) is 0 Å². The smallest absolute Gasteiger partial charge is 0.218 e. The van der Waals surface area contributed by atoms with Crippen LogP contribution in [0, 0.1) is 5.82 Å². The summed E-state index contributed by atoms with van der Waals surface area (Å²) in [4.78, 5) is 2.21. The zero-order valence-corrected chi connectivity index (χ0v) is 15.6. The lowest BCUT2D eigenvalue weighted by atomic mass is 10.2. The number of hydrogen-bond acceptors (Lipinski definition) is 4. The third-order valence-corrected chi connectivity index (χ3v) is 6.64. The second-order valence-corrected chi connectivity index (χ2v) is 8.73. The highest BCUT2D eigenvalue weighted by atomic mass is 32.2. The first kappa shape index (κ1) is 18.1. The van der Waals surface area contributed by atoms with Gasteiger partial charge in [0.2, 0.25) is 10.0 Å². The van der Waals surface area contributed by atoms with E-state index in [0.29, 0.717) is 38.3 Å². The molecule has 1 saturated heterocycles. The van der Waals surface area contributed by atoms with Gasteiger partial charge in [-0.2, -0.15) is 9.40 Å². The molecule has 0 saturated carbocycles. The Labute approximate surface area is 157 Å². The standard InChI is InChI=1S/C19H21FN4O2S/c20-17-6-4-16(5-7-17)15-27(25,26)23-11-9-22(10-12-23)14-18-13-19-3-1-2-8-24(19)21-18/h1-8,13H,9-12,14-15H2. The van der Waals surface area contributed by atoms with E-state index in [1.165, 1.54) is 28.6 Å². The molecule has 3 aromatic rings. The predicted octanol–water partition coefficient (Wildman–Crippen LogP) is 2.12. The van der Waals surface area contributed by atoms with Crippen LogP contribution in [0.3, 0.4) is 0 Å². The van der Waals surface area contributed by atoms with Gasteiger partial charge in [0.25, 0.3) is 0 Å². The van der Waals surface area contributed by atoms with Crippen molar-refractivity contribution in [1.82, 2.24) is 18.8 Å². The largest absolute Gasteiger partial charge is 0.295 e. The molecule has 0 aliphatic carbocycles. The lowest BCUT2D eigenvalue weighted by Gasteiger charge is -2.33. The molecule has 0 N–H and O–H groups in total. The van der Waals surface area contributed by atoms with Crippen molar-refractivity contribution >= 4 is 15.5 Å². The van der Waals surface area contributed by atoms with Crippen LogP contribution in [0.25, 0.3) is 5.52 Å². The molecular formula is C19H21FN4O2S. The molecule has 0 radical (unpaired) electrons. The average molecular weight is 388 g/mol. The Bertz CT molecular complexity index is 992. The molecule has 142 valence electrons. The number of piperazine rings is 1. The number of aromatic nitrogens is 2. The van der Waals surface area contributed by atoms with Crippen LogP contribution in [0.2, 0.25) is 0 Å². The molecule has 3 heterocycles. The first-order valence-electron chi connectivity index (χ1n) is 8.87. The zero-order chi connectivity index (χ0) is 18.9. The topological polar surface area (TPSA) is 57.9 Å². The number of pyridine rings is 1. The van der Waals surface area contributed by atoms with Crippen molar-refractivity contribution in [2.24, 2.45) is 0 Å². The lowest BCUT2D eigenvalue weighted by molar-refractivity contribution is 0.179. The van der Waals surface area contributed by atoms with Gasteiger partial charge in [-0.1, -0.05) is 18.2 Å². The molecule has 2 aromatic heterocycles. The quantitative estimate of drug-likeness (QED) is 0.672. The van der Waals surface area contributed by atoms with Crippen molar-refractivity contribution in [3.05, 3.63) is 71.8 Å². The lowest BCUT2D eigenvalue weighted by Crippen LogP contribution is -2.48. The number of fused-ring (bicyclic) bond motifs is 1. The first-order chi connectivity index (χ1) is 13.0. The van der Waals surface area contributed by atoms with Crippen molar-refractivity contribution in [2.75, 3.05) is 26.2 Å². The van der Waals surface area contributed by atoms with E-state index in [9.17, 15) is 12.8 Å². The molecule has 0 bridgehead atoms. The van der Waals surface area contributed by atoms with Crippen LogP contribution in [0.4, 0.5) is 4.39 Å². The van der Waals surface area contributed by atoms with Gasteiger partial charge in [-0.25, -0.2) is 17.3 Å². The number of hydrogen-bond donors (Lipinski definition) is 0. The maximum Gasteiger partial charge on any atom is 0.218 e. The monoisotopic (exact) mass is 388 g/mol. The van der Waals surface area contributed by atoms with Crippen LogP contribution in [-0.4, -0.2) is 53.4 Å². The van der Waals surface area contributed by atoms with Gasteiger partial charge < -0.3 is 0 Å². The second kappa shape index (κ2) is 7.38. The van der Waals surface area contributed by atoms with Gasteiger partial charge in [0.15, 0.2) is 0 Å². The molecule has 1 aliphatic heterocycles. The van der Waals surface area contributed by atoms with Crippen molar-refractivity contribution in [1.29, 1.82) is 0 Å². The number of halogens is 1. The predicted molar refractivity (Wildman–Crippen MR) is 101 cm³/mol. The summed E-state index contributed by atoms with van der Waals surface area (Å²) >= 11 is 0.